The van der Waals surface area contributed by atoms with Crippen LogP contribution in [0, 0.1) is 11.3 Å². The third kappa shape index (κ3) is 6.02. The van der Waals surface area contributed by atoms with Crippen LogP contribution in [-0.2, 0) is 6.54 Å². The fourth-order valence-corrected chi connectivity index (χ4v) is 2.30. The third-order valence-electron chi connectivity index (χ3n) is 3.46. The zero-order valence-corrected chi connectivity index (χ0v) is 16.7. The minimum absolute atomic E-state index is 0. The minimum Gasteiger partial charge on any atom is -0.352 e. The van der Waals surface area contributed by atoms with Crippen LogP contribution in [0.1, 0.15) is 29.7 Å². The summed E-state index contributed by atoms with van der Waals surface area (Å²) in [6.45, 7) is 2.66. The highest BCUT2D eigenvalue weighted by atomic mass is 127. The average molecular weight is 455 g/mol. The van der Waals surface area contributed by atoms with Crippen molar-refractivity contribution in [1.29, 1.82) is 5.26 Å². The van der Waals surface area contributed by atoms with Gasteiger partial charge in [0, 0.05) is 18.6 Å². The van der Waals surface area contributed by atoms with Crippen LogP contribution in [0.2, 0.25) is 5.02 Å². The van der Waals surface area contributed by atoms with E-state index < -0.39 is 0 Å². The Kier molecular flexibility index (Phi) is 8.58. The molecule has 0 fully saturated rings. The molecule has 24 heavy (non-hydrogen) atoms. The van der Waals surface area contributed by atoms with E-state index in [-0.39, 0.29) is 30.0 Å². The Morgan fingerprint density at radius 2 is 1.96 bits per heavy atom. The molecular formula is C18H20ClIN4. The van der Waals surface area contributed by atoms with Crippen LogP contribution >= 0.6 is 35.6 Å². The maximum atomic E-state index is 8.93. The van der Waals surface area contributed by atoms with Gasteiger partial charge in [-0.25, -0.2) is 0 Å². The second kappa shape index (κ2) is 10.2. The van der Waals surface area contributed by atoms with Crippen molar-refractivity contribution in [3.05, 3.63) is 70.2 Å². The lowest BCUT2D eigenvalue weighted by atomic mass is 10.1. The first kappa shape index (κ1) is 20.3. The molecular weight excluding hydrogens is 435 g/mol. The summed E-state index contributed by atoms with van der Waals surface area (Å²) < 4.78 is 0. The predicted molar refractivity (Wildman–Crippen MR) is 110 cm³/mol. The van der Waals surface area contributed by atoms with E-state index in [1.165, 1.54) is 0 Å². The highest BCUT2D eigenvalue weighted by molar-refractivity contribution is 14.0. The van der Waals surface area contributed by atoms with Gasteiger partial charge in [-0.05, 0) is 42.3 Å². The number of halogens is 2. The van der Waals surface area contributed by atoms with Gasteiger partial charge in [0.15, 0.2) is 5.96 Å². The number of hydrogen-bond acceptors (Lipinski definition) is 2. The van der Waals surface area contributed by atoms with Gasteiger partial charge in [-0.15, -0.1) is 24.0 Å². The van der Waals surface area contributed by atoms with E-state index in [4.69, 9.17) is 16.9 Å². The van der Waals surface area contributed by atoms with Gasteiger partial charge in [0.05, 0.1) is 17.7 Å². The molecule has 0 saturated heterocycles. The SMILES string of the molecule is CN=C(NCc1cccc(C#N)c1)NC(C)c1ccc(Cl)cc1.I. The number of nitrogens with one attached hydrogen (secondary N) is 2. The molecule has 0 saturated carbocycles. The number of nitrogens with zero attached hydrogens (tertiary/aromatic N) is 2. The van der Waals surface area contributed by atoms with Gasteiger partial charge in [-0.2, -0.15) is 5.26 Å². The molecule has 0 spiro atoms. The van der Waals surface area contributed by atoms with Crippen LogP contribution in [0.25, 0.3) is 0 Å². The minimum atomic E-state index is 0. The number of guanidine groups is 1. The normalized spacial score (nSPS) is 11.8. The third-order valence-corrected chi connectivity index (χ3v) is 3.71. The van der Waals surface area contributed by atoms with Crippen molar-refractivity contribution < 1.29 is 0 Å². The van der Waals surface area contributed by atoms with Gasteiger partial charge in [0.25, 0.3) is 0 Å². The van der Waals surface area contributed by atoms with E-state index in [1.54, 1.807) is 13.1 Å². The Labute approximate surface area is 165 Å². The summed E-state index contributed by atoms with van der Waals surface area (Å²) in [5, 5.41) is 16.2. The molecule has 2 rings (SSSR count). The number of aliphatic imine (C=N–C) groups is 1. The van der Waals surface area contributed by atoms with Crippen LogP contribution in [0.5, 0.6) is 0 Å². The van der Waals surface area contributed by atoms with Gasteiger partial charge in [0.1, 0.15) is 0 Å². The van der Waals surface area contributed by atoms with Crippen LogP contribution < -0.4 is 10.6 Å². The van der Waals surface area contributed by atoms with Crippen molar-refractivity contribution in [2.45, 2.75) is 19.5 Å². The van der Waals surface area contributed by atoms with Crippen molar-refractivity contribution in [2.75, 3.05) is 7.05 Å². The smallest absolute Gasteiger partial charge is 0.191 e. The summed E-state index contributed by atoms with van der Waals surface area (Å²) >= 11 is 5.91. The van der Waals surface area contributed by atoms with Crippen molar-refractivity contribution in [3.8, 4) is 6.07 Å². The summed E-state index contributed by atoms with van der Waals surface area (Å²) in [5.41, 5.74) is 2.82. The largest absolute Gasteiger partial charge is 0.352 e. The maximum absolute atomic E-state index is 8.93. The van der Waals surface area contributed by atoms with Gasteiger partial charge in [-0.1, -0.05) is 35.9 Å². The summed E-state index contributed by atoms with van der Waals surface area (Å²) in [6.07, 6.45) is 0. The van der Waals surface area contributed by atoms with Crippen molar-refractivity contribution in [1.82, 2.24) is 10.6 Å². The first-order chi connectivity index (χ1) is 11.1. The zero-order valence-electron chi connectivity index (χ0n) is 13.6. The van der Waals surface area contributed by atoms with E-state index in [9.17, 15) is 0 Å². The van der Waals surface area contributed by atoms with Gasteiger partial charge in [-0.3, -0.25) is 4.99 Å². The average Bonchev–Trinajstić information content (AvgIpc) is 2.59. The van der Waals surface area contributed by atoms with Crippen molar-refractivity contribution in [2.24, 2.45) is 4.99 Å². The molecule has 0 amide bonds. The van der Waals surface area contributed by atoms with Crippen LogP contribution in [0.15, 0.2) is 53.5 Å². The Morgan fingerprint density at radius 1 is 1.25 bits per heavy atom. The van der Waals surface area contributed by atoms with Crippen LogP contribution in [0.3, 0.4) is 0 Å². The number of hydrogen-bond donors (Lipinski definition) is 2. The zero-order chi connectivity index (χ0) is 16.7. The Bertz CT molecular complexity index is 723. The monoisotopic (exact) mass is 454 g/mol. The molecule has 0 aliphatic rings. The molecule has 0 aliphatic heterocycles. The van der Waals surface area contributed by atoms with Gasteiger partial charge < -0.3 is 10.6 Å². The van der Waals surface area contributed by atoms with E-state index >= 15 is 0 Å². The summed E-state index contributed by atoms with van der Waals surface area (Å²) in [6, 6.07) is 17.5. The Balaban J connectivity index is 0.00000288. The van der Waals surface area contributed by atoms with Gasteiger partial charge in [0.2, 0.25) is 0 Å². The number of nitriles is 1. The highest BCUT2D eigenvalue weighted by Gasteiger charge is 2.07. The van der Waals surface area contributed by atoms with E-state index in [2.05, 4.69) is 28.6 Å². The topological polar surface area (TPSA) is 60.2 Å². The molecule has 0 heterocycles. The molecule has 6 heteroatoms. The van der Waals surface area contributed by atoms with Crippen molar-refractivity contribution in [3.63, 3.8) is 0 Å². The molecule has 4 nitrogen and oxygen atoms in total. The fourth-order valence-electron chi connectivity index (χ4n) is 2.17. The quantitative estimate of drug-likeness (QED) is 0.412. The number of benzene rings is 2. The molecule has 0 radical (unpaired) electrons. The molecule has 2 N–H and O–H groups in total. The Morgan fingerprint density at radius 3 is 2.58 bits per heavy atom. The molecule has 1 atom stereocenters. The summed E-state index contributed by atoms with van der Waals surface area (Å²) in [5.74, 6) is 0.704. The maximum Gasteiger partial charge on any atom is 0.191 e. The molecule has 0 aliphatic carbocycles. The van der Waals surface area contributed by atoms with E-state index in [0.717, 1.165) is 16.1 Å². The lowest BCUT2D eigenvalue weighted by Crippen LogP contribution is -2.38. The van der Waals surface area contributed by atoms with Gasteiger partial charge >= 0.3 is 0 Å². The molecule has 2 aromatic carbocycles. The fraction of sp³-hybridized carbons (Fsp3) is 0.222. The number of rotatable bonds is 4. The molecule has 0 bridgehead atoms. The molecule has 126 valence electrons. The van der Waals surface area contributed by atoms with Crippen molar-refractivity contribution >= 4 is 41.5 Å². The lowest BCUT2D eigenvalue weighted by Gasteiger charge is -2.18. The molecule has 2 aromatic rings. The first-order valence-corrected chi connectivity index (χ1v) is 7.72. The van der Waals surface area contributed by atoms with Crippen LogP contribution in [-0.4, -0.2) is 13.0 Å². The first-order valence-electron chi connectivity index (χ1n) is 7.34. The van der Waals surface area contributed by atoms with Crippen LogP contribution in [0.4, 0.5) is 0 Å². The summed E-state index contributed by atoms with van der Waals surface area (Å²) in [4.78, 5) is 4.23. The van der Waals surface area contributed by atoms with E-state index in [1.807, 2.05) is 42.5 Å². The lowest BCUT2D eigenvalue weighted by molar-refractivity contribution is 0.685. The standard InChI is InChI=1S/C18H19ClN4.HI/c1-13(16-6-8-17(19)9-7-16)23-18(21-2)22-12-15-5-3-4-14(10-15)11-20;/h3-10,13H,12H2,1-2H3,(H2,21,22,23);1H. The predicted octanol–water partition coefficient (Wildman–Crippen LogP) is 4.26. The molecule has 1 unspecified atom stereocenters. The summed E-state index contributed by atoms with van der Waals surface area (Å²) in [7, 11) is 1.73. The Hall–Kier alpha value is -1.78. The van der Waals surface area contributed by atoms with E-state index in [0.29, 0.717) is 18.1 Å². The second-order valence-corrected chi connectivity index (χ2v) is 5.59. The second-order valence-electron chi connectivity index (χ2n) is 5.16. The highest BCUT2D eigenvalue weighted by Crippen LogP contribution is 2.15. The molecule has 0 aromatic heterocycles.